The lowest BCUT2D eigenvalue weighted by Gasteiger charge is -2.11. The molecule has 0 aliphatic heterocycles. The van der Waals surface area contributed by atoms with Crippen LogP contribution >= 0.6 is 0 Å². The number of methoxy groups -OCH3 is 1. The summed E-state index contributed by atoms with van der Waals surface area (Å²) < 4.78 is 10.2. The zero-order chi connectivity index (χ0) is 11.7. The molecule has 16 heavy (non-hydrogen) atoms. The maximum atomic E-state index is 11.6. The summed E-state index contributed by atoms with van der Waals surface area (Å²) in [6, 6.07) is 7.52. The van der Waals surface area contributed by atoms with Gasteiger partial charge in [-0.15, -0.1) is 0 Å². The lowest BCUT2D eigenvalue weighted by atomic mass is 10.2. The smallest absolute Gasteiger partial charge is 0.376 e. The lowest BCUT2D eigenvalue weighted by Crippen LogP contribution is -2.13. The van der Waals surface area contributed by atoms with Gasteiger partial charge in [0.05, 0.1) is 12.8 Å². The van der Waals surface area contributed by atoms with E-state index in [1.165, 1.54) is 7.11 Å². The average molecular weight is 219 g/mol. The normalized spacial score (nSPS) is 10.4. The minimum Gasteiger partial charge on any atom is -0.463 e. The molecule has 1 heterocycles. The molecule has 1 aromatic heterocycles. The maximum Gasteiger partial charge on any atom is 0.376 e. The van der Waals surface area contributed by atoms with Gasteiger partial charge < -0.3 is 14.1 Å². The molecule has 4 nitrogen and oxygen atoms in total. The predicted octanol–water partition coefficient (Wildman–Crippen LogP) is 2.29. The molecule has 0 amide bonds. The Balaban J connectivity index is 2.73. The van der Waals surface area contributed by atoms with Gasteiger partial charge in [0.25, 0.3) is 0 Å². The first-order chi connectivity index (χ1) is 7.65. The molecular formula is C12H13NO3. The van der Waals surface area contributed by atoms with Gasteiger partial charge in [0, 0.05) is 19.5 Å². The third-order valence-corrected chi connectivity index (χ3v) is 2.39. The van der Waals surface area contributed by atoms with E-state index in [0.717, 1.165) is 11.1 Å². The van der Waals surface area contributed by atoms with Gasteiger partial charge in [0.15, 0.2) is 0 Å². The van der Waals surface area contributed by atoms with E-state index in [1.54, 1.807) is 0 Å². The second-order valence-corrected chi connectivity index (χ2v) is 3.66. The van der Waals surface area contributed by atoms with Gasteiger partial charge >= 0.3 is 5.97 Å². The molecule has 0 atom stereocenters. The molecule has 2 rings (SSSR count). The largest absolute Gasteiger partial charge is 0.463 e. The van der Waals surface area contributed by atoms with Crippen LogP contribution in [-0.2, 0) is 4.74 Å². The van der Waals surface area contributed by atoms with E-state index in [1.807, 2.05) is 43.3 Å². The summed E-state index contributed by atoms with van der Waals surface area (Å²) in [7, 11) is 5.07. The first kappa shape index (κ1) is 10.5. The van der Waals surface area contributed by atoms with E-state index in [9.17, 15) is 4.79 Å². The maximum absolute atomic E-state index is 11.6. The van der Waals surface area contributed by atoms with Gasteiger partial charge in [0.2, 0.25) is 5.76 Å². The van der Waals surface area contributed by atoms with E-state index in [0.29, 0.717) is 5.58 Å². The molecule has 84 valence electrons. The van der Waals surface area contributed by atoms with E-state index in [2.05, 4.69) is 0 Å². The van der Waals surface area contributed by atoms with Gasteiger partial charge in [0.1, 0.15) is 5.58 Å². The molecule has 0 saturated heterocycles. The minimum atomic E-state index is -0.458. The molecule has 0 spiro atoms. The van der Waals surface area contributed by atoms with Crippen molar-refractivity contribution in [3.05, 3.63) is 30.0 Å². The molecular weight excluding hydrogens is 206 g/mol. The highest BCUT2D eigenvalue weighted by atomic mass is 16.5. The van der Waals surface area contributed by atoms with Crippen molar-refractivity contribution >= 4 is 22.6 Å². The van der Waals surface area contributed by atoms with Crippen molar-refractivity contribution in [1.82, 2.24) is 0 Å². The number of furan rings is 1. The molecule has 0 unspecified atom stereocenters. The Morgan fingerprint density at radius 1 is 1.31 bits per heavy atom. The Morgan fingerprint density at radius 2 is 2.00 bits per heavy atom. The molecule has 0 aliphatic carbocycles. The van der Waals surface area contributed by atoms with Crippen LogP contribution in [-0.4, -0.2) is 27.2 Å². The zero-order valence-electron chi connectivity index (χ0n) is 9.48. The molecule has 2 aromatic rings. The van der Waals surface area contributed by atoms with Crippen LogP contribution in [0.25, 0.3) is 11.0 Å². The SMILES string of the molecule is COC(=O)c1oc2ccccc2c1N(C)C. The molecule has 0 N–H and O–H groups in total. The lowest BCUT2D eigenvalue weighted by molar-refractivity contribution is 0.0568. The molecule has 0 bridgehead atoms. The molecule has 0 radical (unpaired) electrons. The third-order valence-electron chi connectivity index (χ3n) is 2.39. The first-order valence-electron chi connectivity index (χ1n) is 4.92. The predicted molar refractivity (Wildman–Crippen MR) is 61.9 cm³/mol. The fourth-order valence-electron chi connectivity index (χ4n) is 1.71. The van der Waals surface area contributed by atoms with Gasteiger partial charge in [-0.2, -0.15) is 0 Å². The van der Waals surface area contributed by atoms with Crippen LogP contribution in [0.2, 0.25) is 0 Å². The quantitative estimate of drug-likeness (QED) is 0.727. The van der Waals surface area contributed by atoms with Crippen LogP contribution in [0.3, 0.4) is 0 Å². The van der Waals surface area contributed by atoms with Crippen LogP contribution in [0.4, 0.5) is 5.69 Å². The molecule has 4 heteroatoms. The van der Waals surface area contributed by atoms with Crippen molar-refractivity contribution in [2.24, 2.45) is 0 Å². The van der Waals surface area contributed by atoms with Crippen LogP contribution in [0.1, 0.15) is 10.6 Å². The molecule has 0 fully saturated rings. The Labute approximate surface area is 93.4 Å². The van der Waals surface area contributed by atoms with Crippen LogP contribution < -0.4 is 4.90 Å². The fourth-order valence-corrected chi connectivity index (χ4v) is 1.71. The number of hydrogen-bond donors (Lipinski definition) is 0. The van der Waals surface area contributed by atoms with Gasteiger partial charge in [-0.25, -0.2) is 4.79 Å². The number of ether oxygens (including phenoxy) is 1. The number of benzene rings is 1. The summed E-state index contributed by atoms with van der Waals surface area (Å²) in [6.07, 6.45) is 0. The van der Waals surface area contributed by atoms with Gasteiger partial charge in [-0.05, 0) is 12.1 Å². The van der Waals surface area contributed by atoms with E-state index < -0.39 is 5.97 Å². The summed E-state index contributed by atoms with van der Waals surface area (Å²) in [5, 5.41) is 0.910. The van der Waals surface area contributed by atoms with Crippen molar-refractivity contribution in [3.63, 3.8) is 0 Å². The van der Waals surface area contributed by atoms with E-state index in [-0.39, 0.29) is 5.76 Å². The second-order valence-electron chi connectivity index (χ2n) is 3.66. The summed E-state index contributed by atoms with van der Waals surface area (Å²) in [4.78, 5) is 13.4. The number of carbonyl (C=O) groups is 1. The second kappa shape index (κ2) is 3.89. The van der Waals surface area contributed by atoms with Crippen LogP contribution in [0.5, 0.6) is 0 Å². The third kappa shape index (κ3) is 1.52. The molecule has 0 aliphatic rings. The average Bonchev–Trinajstić information content (AvgIpc) is 2.67. The van der Waals surface area contributed by atoms with Crippen LogP contribution in [0, 0.1) is 0 Å². The number of para-hydroxylation sites is 1. The van der Waals surface area contributed by atoms with Crippen LogP contribution in [0.15, 0.2) is 28.7 Å². The minimum absolute atomic E-state index is 0.244. The fraction of sp³-hybridized carbons (Fsp3) is 0.250. The Hall–Kier alpha value is -1.97. The summed E-state index contributed by atoms with van der Waals surface area (Å²) in [5.41, 5.74) is 1.44. The summed E-state index contributed by atoms with van der Waals surface area (Å²) in [5.74, 6) is -0.214. The van der Waals surface area contributed by atoms with Gasteiger partial charge in [-0.3, -0.25) is 0 Å². The highest BCUT2D eigenvalue weighted by Gasteiger charge is 2.22. The van der Waals surface area contributed by atoms with E-state index >= 15 is 0 Å². The van der Waals surface area contributed by atoms with Crippen molar-refractivity contribution in [2.45, 2.75) is 0 Å². The highest BCUT2D eigenvalue weighted by molar-refractivity contribution is 6.04. The van der Waals surface area contributed by atoms with Gasteiger partial charge in [-0.1, -0.05) is 12.1 Å². The van der Waals surface area contributed by atoms with Crippen molar-refractivity contribution in [3.8, 4) is 0 Å². The summed E-state index contributed by atoms with van der Waals surface area (Å²) in [6.45, 7) is 0. The molecule has 1 aromatic carbocycles. The number of fused-ring (bicyclic) bond motifs is 1. The Bertz CT molecular complexity index is 528. The van der Waals surface area contributed by atoms with Crippen molar-refractivity contribution in [1.29, 1.82) is 0 Å². The summed E-state index contributed by atoms with van der Waals surface area (Å²) >= 11 is 0. The Kier molecular flexibility index (Phi) is 2.56. The standard InChI is InChI=1S/C12H13NO3/c1-13(2)10-8-6-4-5-7-9(8)16-11(10)12(14)15-3/h4-7H,1-3H3. The van der Waals surface area contributed by atoms with Crippen molar-refractivity contribution < 1.29 is 13.9 Å². The molecule has 0 saturated carbocycles. The zero-order valence-corrected chi connectivity index (χ0v) is 9.48. The van der Waals surface area contributed by atoms with E-state index in [4.69, 9.17) is 9.15 Å². The first-order valence-corrected chi connectivity index (χ1v) is 4.92. The topological polar surface area (TPSA) is 42.7 Å². The van der Waals surface area contributed by atoms with Crippen molar-refractivity contribution in [2.75, 3.05) is 26.1 Å². The number of nitrogens with zero attached hydrogens (tertiary/aromatic N) is 1. The highest BCUT2D eigenvalue weighted by Crippen LogP contribution is 2.32. The monoisotopic (exact) mass is 219 g/mol. The number of anilines is 1. The number of esters is 1. The Morgan fingerprint density at radius 3 is 2.62 bits per heavy atom. The number of carbonyl (C=O) groups excluding carboxylic acids is 1. The number of hydrogen-bond acceptors (Lipinski definition) is 4. The number of rotatable bonds is 2.